The van der Waals surface area contributed by atoms with Crippen molar-refractivity contribution in [1.29, 1.82) is 0 Å². The number of nitrogens with zero attached hydrogens (tertiary/aromatic N) is 3. The summed E-state index contributed by atoms with van der Waals surface area (Å²) in [6.45, 7) is 6.42. The van der Waals surface area contributed by atoms with Crippen molar-refractivity contribution in [3.8, 4) is 0 Å². The second-order valence-electron chi connectivity index (χ2n) is 7.08. The maximum Gasteiger partial charge on any atom is 0.410 e. The van der Waals surface area contributed by atoms with Crippen LogP contribution in [0.15, 0.2) is 12.4 Å². The number of amides is 1. The zero-order chi connectivity index (χ0) is 17.7. The Balaban J connectivity index is 1.84. The van der Waals surface area contributed by atoms with Gasteiger partial charge in [0.2, 0.25) is 0 Å². The van der Waals surface area contributed by atoms with Gasteiger partial charge in [-0.15, -0.1) is 0 Å². The first-order valence-electron chi connectivity index (χ1n) is 8.28. The highest BCUT2D eigenvalue weighted by molar-refractivity contribution is 5.68. The average Bonchev–Trinajstić information content (AvgIpc) is 2.72. The normalized spacial score (nSPS) is 19.2. The van der Waals surface area contributed by atoms with Crippen molar-refractivity contribution in [3.05, 3.63) is 12.4 Å². The number of hydrogen-bond donors (Lipinski definition) is 1. The van der Waals surface area contributed by atoms with Crippen LogP contribution < -0.4 is 5.32 Å². The summed E-state index contributed by atoms with van der Waals surface area (Å²) >= 11 is 0. The minimum atomic E-state index is -2.42. The zero-order valence-corrected chi connectivity index (χ0v) is 14.5. The number of ether oxygens (including phenoxy) is 1. The second kappa shape index (κ2) is 7.81. The molecule has 0 saturated carbocycles. The van der Waals surface area contributed by atoms with Gasteiger partial charge in [-0.25, -0.2) is 13.6 Å². The molecule has 1 atom stereocenters. The molecule has 1 saturated heterocycles. The molecular formula is C16H26F2N4O2. The van der Waals surface area contributed by atoms with E-state index in [-0.39, 0.29) is 12.1 Å². The molecule has 0 spiro atoms. The molecule has 2 rings (SSSR count). The maximum atomic E-state index is 12.3. The fraction of sp³-hybridized carbons (Fsp3) is 0.750. The van der Waals surface area contributed by atoms with Gasteiger partial charge in [0.1, 0.15) is 12.1 Å². The van der Waals surface area contributed by atoms with Crippen LogP contribution in [0.5, 0.6) is 0 Å². The molecule has 1 aromatic rings. The lowest BCUT2D eigenvalue weighted by Crippen LogP contribution is -2.37. The molecule has 6 nitrogen and oxygen atoms in total. The largest absolute Gasteiger partial charge is 0.444 e. The molecule has 0 radical (unpaired) electrons. The van der Waals surface area contributed by atoms with Gasteiger partial charge in [0, 0.05) is 25.3 Å². The Labute approximate surface area is 141 Å². The van der Waals surface area contributed by atoms with Crippen LogP contribution >= 0.6 is 0 Å². The van der Waals surface area contributed by atoms with E-state index in [1.54, 1.807) is 17.3 Å². The van der Waals surface area contributed by atoms with Crippen molar-refractivity contribution in [3.63, 3.8) is 0 Å². The van der Waals surface area contributed by atoms with Crippen LogP contribution in [0.1, 0.15) is 40.0 Å². The third kappa shape index (κ3) is 5.98. The Kier molecular flexibility index (Phi) is 6.01. The summed E-state index contributed by atoms with van der Waals surface area (Å²) in [5.41, 5.74) is 0.228. The molecule has 1 aliphatic heterocycles. The Morgan fingerprint density at radius 3 is 2.83 bits per heavy atom. The van der Waals surface area contributed by atoms with Crippen molar-refractivity contribution in [2.24, 2.45) is 0 Å². The van der Waals surface area contributed by atoms with Crippen LogP contribution in [0.25, 0.3) is 0 Å². The standard InChI is InChI=1S/C16H26F2N4O2/c1-16(2,3)24-15(23)21-7-4-5-12(6-8-21)20-13-9-19-22(10-13)11-14(17)18/h9-10,12,14,20H,4-8,11H2,1-3H3/t12-/m1/s1. The Hall–Kier alpha value is -1.86. The number of rotatable bonds is 4. The van der Waals surface area contributed by atoms with E-state index < -0.39 is 18.6 Å². The molecule has 1 aromatic heterocycles. The predicted molar refractivity (Wildman–Crippen MR) is 87.3 cm³/mol. The van der Waals surface area contributed by atoms with Gasteiger partial charge in [0.05, 0.1) is 11.9 Å². The molecule has 0 unspecified atom stereocenters. The monoisotopic (exact) mass is 344 g/mol. The van der Waals surface area contributed by atoms with E-state index in [0.29, 0.717) is 13.1 Å². The van der Waals surface area contributed by atoms with Crippen molar-refractivity contribution in [2.75, 3.05) is 18.4 Å². The van der Waals surface area contributed by atoms with Gasteiger partial charge in [-0.2, -0.15) is 5.10 Å². The number of likely N-dealkylation sites (tertiary alicyclic amines) is 1. The average molecular weight is 344 g/mol. The Bertz CT molecular complexity index is 542. The van der Waals surface area contributed by atoms with Crippen molar-refractivity contribution < 1.29 is 18.3 Å². The molecule has 0 aliphatic carbocycles. The minimum Gasteiger partial charge on any atom is -0.444 e. The van der Waals surface area contributed by atoms with Crippen LogP contribution in [0, 0.1) is 0 Å². The van der Waals surface area contributed by atoms with Gasteiger partial charge in [0.15, 0.2) is 0 Å². The van der Waals surface area contributed by atoms with Crippen LogP contribution in [-0.2, 0) is 11.3 Å². The lowest BCUT2D eigenvalue weighted by Gasteiger charge is -2.26. The number of aromatic nitrogens is 2. The Morgan fingerprint density at radius 2 is 2.17 bits per heavy atom. The molecule has 2 heterocycles. The molecular weight excluding hydrogens is 318 g/mol. The summed E-state index contributed by atoms with van der Waals surface area (Å²) in [6.07, 6.45) is 2.98. The molecule has 24 heavy (non-hydrogen) atoms. The molecule has 1 aliphatic rings. The number of carbonyl (C=O) groups excluding carboxylic acids is 1. The molecule has 1 N–H and O–H groups in total. The van der Waals surface area contributed by atoms with Crippen LogP contribution in [-0.4, -0.2) is 51.9 Å². The first-order valence-corrected chi connectivity index (χ1v) is 8.28. The fourth-order valence-corrected chi connectivity index (χ4v) is 2.66. The van der Waals surface area contributed by atoms with E-state index >= 15 is 0 Å². The zero-order valence-electron chi connectivity index (χ0n) is 14.5. The quantitative estimate of drug-likeness (QED) is 0.910. The summed E-state index contributed by atoms with van der Waals surface area (Å²) in [5.74, 6) is 0. The van der Waals surface area contributed by atoms with E-state index in [1.807, 2.05) is 20.8 Å². The summed E-state index contributed by atoms with van der Waals surface area (Å²) in [6, 6.07) is 0.182. The number of halogens is 2. The Morgan fingerprint density at radius 1 is 1.42 bits per heavy atom. The lowest BCUT2D eigenvalue weighted by atomic mass is 10.1. The fourth-order valence-electron chi connectivity index (χ4n) is 2.66. The summed E-state index contributed by atoms with van der Waals surface area (Å²) in [5, 5.41) is 7.23. The maximum absolute atomic E-state index is 12.3. The first kappa shape index (κ1) is 18.5. The number of alkyl halides is 2. The smallest absolute Gasteiger partial charge is 0.410 e. The van der Waals surface area contributed by atoms with Gasteiger partial charge >= 0.3 is 6.09 Å². The van der Waals surface area contributed by atoms with Gasteiger partial charge in [-0.05, 0) is 40.0 Å². The van der Waals surface area contributed by atoms with Gasteiger partial charge in [-0.1, -0.05) is 0 Å². The van der Waals surface area contributed by atoms with Gasteiger partial charge in [0.25, 0.3) is 6.43 Å². The van der Waals surface area contributed by atoms with Crippen LogP contribution in [0.4, 0.5) is 19.3 Å². The molecule has 0 bridgehead atoms. The van der Waals surface area contributed by atoms with E-state index in [0.717, 1.165) is 24.9 Å². The molecule has 136 valence electrons. The highest BCUT2D eigenvalue weighted by atomic mass is 19.3. The highest BCUT2D eigenvalue weighted by Crippen LogP contribution is 2.19. The highest BCUT2D eigenvalue weighted by Gasteiger charge is 2.25. The van der Waals surface area contributed by atoms with Crippen molar-refractivity contribution >= 4 is 11.8 Å². The number of carbonyl (C=O) groups is 1. The summed E-state index contributed by atoms with van der Waals surface area (Å²) < 4.78 is 31.3. The van der Waals surface area contributed by atoms with Crippen molar-refractivity contribution in [1.82, 2.24) is 14.7 Å². The van der Waals surface area contributed by atoms with Crippen LogP contribution in [0.3, 0.4) is 0 Å². The number of anilines is 1. The lowest BCUT2D eigenvalue weighted by molar-refractivity contribution is 0.0256. The minimum absolute atomic E-state index is 0.182. The molecule has 1 fully saturated rings. The van der Waals surface area contributed by atoms with Crippen LogP contribution in [0.2, 0.25) is 0 Å². The second-order valence-corrected chi connectivity index (χ2v) is 7.08. The topological polar surface area (TPSA) is 59.4 Å². The van der Waals surface area contributed by atoms with E-state index in [2.05, 4.69) is 10.4 Å². The van der Waals surface area contributed by atoms with Crippen molar-refractivity contribution in [2.45, 2.75) is 64.6 Å². The van der Waals surface area contributed by atoms with E-state index in [4.69, 9.17) is 4.74 Å². The number of nitrogens with one attached hydrogen (secondary N) is 1. The van der Waals surface area contributed by atoms with Gasteiger partial charge in [-0.3, -0.25) is 4.68 Å². The molecule has 1 amide bonds. The number of hydrogen-bond acceptors (Lipinski definition) is 4. The predicted octanol–water partition coefficient (Wildman–Crippen LogP) is 3.35. The molecule has 8 heteroatoms. The molecule has 0 aromatic carbocycles. The third-order valence-electron chi connectivity index (χ3n) is 3.71. The van der Waals surface area contributed by atoms with E-state index in [1.165, 1.54) is 4.68 Å². The third-order valence-corrected chi connectivity index (χ3v) is 3.71. The van der Waals surface area contributed by atoms with E-state index in [9.17, 15) is 13.6 Å². The summed E-state index contributed by atoms with van der Waals surface area (Å²) in [4.78, 5) is 13.9. The van der Waals surface area contributed by atoms with Gasteiger partial charge < -0.3 is 15.0 Å². The first-order chi connectivity index (χ1) is 11.2. The SMILES string of the molecule is CC(C)(C)OC(=O)N1CCC[C@@H](Nc2cnn(CC(F)F)c2)CC1. The summed E-state index contributed by atoms with van der Waals surface area (Å²) in [7, 11) is 0.